The number of benzene rings is 2. The van der Waals surface area contributed by atoms with Gasteiger partial charge in [0.05, 0.1) is 0 Å². The van der Waals surface area contributed by atoms with E-state index in [4.69, 9.17) is 0 Å². The van der Waals surface area contributed by atoms with Gasteiger partial charge >= 0.3 is 0 Å². The number of hydrogen-bond acceptors (Lipinski definition) is 5. The van der Waals surface area contributed by atoms with Gasteiger partial charge in [-0.25, -0.2) is 9.97 Å². The Balaban J connectivity index is 1.73. The number of carbonyl (C=O) groups excluding carboxylic acids is 2. The van der Waals surface area contributed by atoms with Crippen LogP contribution in [-0.2, 0) is 4.79 Å². The van der Waals surface area contributed by atoms with Gasteiger partial charge in [-0.15, -0.1) is 0 Å². The first-order chi connectivity index (χ1) is 13.4. The van der Waals surface area contributed by atoms with Crippen LogP contribution in [-0.4, -0.2) is 21.8 Å². The number of aromatic nitrogens is 2. The van der Waals surface area contributed by atoms with Crippen LogP contribution in [0.4, 0.5) is 23.0 Å². The molecule has 142 valence electrons. The zero-order valence-corrected chi connectivity index (χ0v) is 15.9. The topological polar surface area (TPSA) is 96.0 Å². The van der Waals surface area contributed by atoms with Gasteiger partial charge in [-0.1, -0.05) is 12.1 Å². The Morgan fingerprint density at radius 3 is 2.32 bits per heavy atom. The number of nitrogens with zero attached hydrogens (tertiary/aromatic N) is 2. The van der Waals surface area contributed by atoms with Crippen LogP contribution in [0.25, 0.3) is 0 Å². The van der Waals surface area contributed by atoms with E-state index in [2.05, 4.69) is 25.9 Å². The van der Waals surface area contributed by atoms with Crippen LogP contribution in [0.2, 0.25) is 0 Å². The fourth-order valence-corrected chi connectivity index (χ4v) is 2.57. The number of anilines is 4. The van der Waals surface area contributed by atoms with Crippen molar-refractivity contribution in [2.75, 3.05) is 16.0 Å². The van der Waals surface area contributed by atoms with E-state index >= 15 is 0 Å². The molecule has 3 rings (SSSR count). The highest BCUT2D eigenvalue weighted by atomic mass is 16.2. The molecule has 0 fully saturated rings. The van der Waals surface area contributed by atoms with E-state index in [0.29, 0.717) is 17.3 Å². The van der Waals surface area contributed by atoms with Crippen molar-refractivity contribution in [3.8, 4) is 0 Å². The molecule has 0 bridgehead atoms. The first-order valence-corrected chi connectivity index (χ1v) is 8.77. The Morgan fingerprint density at radius 2 is 1.61 bits per heavy atom. The average molecular weight is 375 g/mol. The minimum Gasteiger partial charge on any atom is -0.326 e. The molecule has 3 aromatic rings. The summed E-state index contributed by atoms with van der Waals surface area (Å²) >= 11 is 0. The Morgan fingerprint density at radius 1 is 0.857 bits per heavy atom. The highest BCUT2D eigenvalue weighted by molar-refractivity contribution is 6.03. The summed E-state index contributed by atoms with van der Waals surface area (Å²) in [6, 6.07) is 14.4. The Kier molecular flexibility index (Phi) is 5.64. The van der Waals surface area contributed by atoms with Gasteiger partial charge in [0, 0.05) is 30.2 Å². The van der Waals surface area contributed by atoms with Crippen LogP contribution in [0.5, 0.6) is 0 Å². The van der Waals surface area contributed by atoms with E-state index in [1.807, 2.05) is 32.0 Å². The van der Waals surface area contributed by atoms with Gasteiger partial charge in [-0.2, -0.15) is 0 Å². The summed E-state index contributed by atoms with van der Waals surface area (Å²) in [7, 11) is 0. The van der Waals surface area contributed by atoms with Crippen molar-refractivity contribution in [3.05, 3.63) is 71.5 Å². The zero-order valence-electron chi connectivity index (χ0n) is 15.9. The number of nitrogens with one attached hydrogen (secondary N) is 3. The number of amides is 2. The summed E-state index contributed by atoms with van der Waals surface area (Å²) < 4.78 is 0. The molecular formula is C21H21N5O2. The Bertz CT molecular complexity index is 1030. The van der Waals surface area contributed by atoms with Crippen LogP contribution in [0.3, 0.4) is 0 Å². The van der Waals surface area contributed by atoms with Crippen molar-refractivity contribution >= 4 is 34.8 Å². The second-order valence-electron chi connectivity index (χ2n) is 6.41. The molecule has 2 amide bonds. The number of hydrogen-bond donors (Lipinski definition) is 3. The lowest BCUT2D eigenvalue weighted by atomic mass is 10.1. The van der Waals surface area contributed by atoms with Gasteiger partial charge in [-0.05, 0) is 61.4 Å². The number of carbonyl (C=O) groups is 2. The third kappa shape index (κ3) is 4.91. The van der Waals surface area contributed by atoms with E-state index in [1.165, 1.54) is 18.7 Å². The molecule has 2 aromatic carbocycles. The highest BCUT2D eigenvalue weighted by Gasteiger charge is 2.10. The van der Waals surface area contributed by atoms with E-state index in [1.54, 1.807) is 30.3 Å². The van der Waals surface area contributed by atoms with Crippen LogP contribution in [0.15, 0.2) is 54.7 Å². The molecule has 0 aliphatic rings. The third-order valence-corrected chi connectivity index (χ3v) is 4.09. The van der Waals surface area contributed by atoms with Gasteiger partial charge in [0.1, 0.15) is 5.69 Å². The van der Waals surface area contributed by atoms with Crippen molar-refractivity contribution in [2.24, 2.45) is 0 Å². The predicted molar refractivity (Wildman–Crippen MR) is 110 cm³/mol. The molecule has 0 unspecified atom stereocenters. The molecule has 0 saturated carbocycles. The van der Waals surface area contributed by atoms with E-state index < -0.39 is 0 Å². The molecule has 0 aliphatic carbocycles. The van der Waals surface area contributed by atoms with Gasteiger partial charge in [0.25, 0.3) is 5.91 Å². The van der Waals surface area contributed by atoms with Crippen molar-refractivity contribution in [1.82, 2.24) is 9.97 Å². The number of rotatable bonds is 5. The molecule has 0 aliphatic heterocycles. The fourth-order valence-electron chi connectivity index (χ4n) is 2.57. The fraction of sp³-hybridized carbons (Fsp3) is 0.143. The first kappa shape index (κ1) is 19.0. The van der Waals surface area contributed by atoms with Gasteiger partial charge < -0.3 is 16.0 Å². The van der Waals surface area contributed by atoms with Crippen LogP contribution in [0, 0.1) is 13.8 Å². The largest absolute Gasteiger partial charge is 0.326 e. The molecule has 7 nitrogen and oxygen atoms in total. The summed E-state index contributed by atoms with van der Waals surface area (Å²) in [5.74, 6) is -0.213. The maximum absolute atomic E-state index is 12.5. The smallest absolute Gasteiger partial charge is 0.274 e. The SMILES string of the molecule is CC(=O)Nc1cccc(NC(=O)c2ccnc(Nc3ccc(C)c(C)c3)n2)c1. The molecule has 0 spiro atoms. The standard InChI is InChI=1S/C21H21N5O2/c1-13-7-8-18(11-14(13)2)25-21-22-10-9-19(26-21)20(28)24-17-6-4-5-16(12-17)23-15(3)27/h4-12H,1-3H3,(H,23,27)(H,24,28)(H,22,25,26). The number of aryl methyl sites for hydroxylation is 2. The predicted octanol–water partition coefficient (Wildman–Crippen LogP) is 4.05. The molecule has 3 N–H and O–H groups in total. The lowest BCUT2D eigenvalue weighted by Crippen LogP contribution is -2.15. The van der Waals surface area contributed by atoms with Gasteiger partial charge in [0.2, 0.25) is 11.9 Å². The molecule has 0 atom stereocenters. The van der Waals surface area contributed by atoms with Gasteiger partial charge in [0.15, 0.2) is 0 Å². The summed E-state index contributed by atoms with van der Waals surface area (Å²) in [5, 5.41) is 8.56. The maximum atomic E-state index is 12.5. The lowest BCUT2D eigenvalue weighted by molar-refractivity contribution is -0.114. The molecule has 0 saturated heterocycles. The molecule has 1 aromatic heterocycles. The molecular weight excluding hydrogens is 354 g/mol. The molecule has 28 heavy (non-hydrogen) atoms. The normalized spacial score (nSPS) is 10.2. The van der Waals surface area contributed by atoms with E-state index in [0.717, 1.165) is 11.3 Å². The molecule has 7 heteroatoms. The molecule has 0 radical (unpaired) electrons. The minimum atomic E-state index is -0.370. The first-order valence-electron chi connectivity index (χ1n) is 8.77. The van der Waals surface area contributed by atoms with Crippen molar-refractivity contribution < 1.29 is 9.59 Å². The second kappa shape index (κ2) is 8.30. The quantitative estimate of drug-likeness (QED) is 0.625. The lowest BCUT2D eigenvalue weighted by Gasteiger charge is -2.10. The maximum Gasteiger partial charge on any atom is 0.274 e. The van der Waals surface area contributed by atoms with Crippen LogP contribution >= 0.6 is 0 Å². The summed E-state index contributed by atoms with van der Waals surface area (Å²) in [6.45, 7) is 5.50. The Hall–Kier alpha value is -3.74. The molecule has 1 heterocycles. The Labute approximate surface area is 163 Å². The highest BCUT2D eigenvalue weighted by Crippen LogP contribution is 2.18. The summed E-state index contributed by atoms with van der Waals surface area (Å²) in [5.41, 5.74) is 4.58. The monoisotopic (exact) mass is 375 g/mol. The minimum absolute atomic E-state index is 0.179. The zero-order chi connectivity index (χ0) is 20.1. The van der Waals surface area contributed by atoms with Gasteiger partial charge in [-0.3, -0.25) is 9.59 Å². The van der Waals surface area contributed by atoms with E-state index in [9.17, 15) is 9.59 Å². The van der Waals surface area contributed by atoms with Crippen molar-refractivity contribution in [1.29, 1.82) is 0 Å². The summed E-state index contributed by atoms with van der Waals surface area (Å²) in [6.07, 6.45) is 1.53. The van der Waals surface area contributed by atoms with Crippen LogP contribution in [0.1, 0.15) is 28.5 Å². The third-order valence-electron chi connectivity index (χ3n) is 4.09. The average Bonchev–Trinajstić information content (AvgIpc) is 2.65. The summed E-state index contributed by atoms with van der Waals surface area (Å²) in [4.78, 5) is 32.2. The second-order valence-corrected chi connectivity index (χ2v) is 6.41. The van der Waals surface area contributed by atoms with Crippen molar-refractivity contribution in [3.63, 3.8) is 0 Å². The van der Waals surface area contributed by atoms with E-state index in [-0.39, 0.29) is 17.5 Å². The van der Waals surface area contributed by atoms with Crippen molar-refractivity contribution in [2.45, 2.75) is 20.8 Å². The van der Waals surface area contributed by atoms with Crippen LogP contribution < -0.4 is 16.0 Å².